The first-order chi connectivity index (χ1) is 13.1. The Labute approximate surface area is 173 Å². The van der Waals surface area contributed by atoms with E-state index in [1.807, 2.05) is 0 Å². The van der Waals surface area contributed by atoms with Crippen LogP contribution < -0.4 is 10.6 Å². The number of nitrogens with zero attached hydrogens (tertiary/aromatic N) is 1. The molecule has 2 N–H and O–H groups in total. The summed E-state index contributed by atoms with van der Waals surface area (Å²) in [5, 5.41) is 5.18. The monoisotopic (exact) mass is 503 g/mol. The number of pyridine rings is 1. The number of anilines is 1. The molecule has 0 spiro atoms. The summed E-state index contributed by atoms with van der Waals surface area (Å²) in [4.78, 5) is 28.5. The standard InChI is InChI=1S/C19H17F3IN3O2/c1-10-6-12(8-16(25-10)26-18(28)11-2-3-11)17(27)24-9-13-7-14(19(21,22)23)4-5-15(13)20/h4-8,11H,2-3,9H2,1H3,(H,24,27)(H,25,26,28). The molecule has 2 amide bonds. The van der Waals surface area contributed by atoms with Crippen LogP contribution in [0.25, 0.3) is 0 Å². The SMILES string of the molecule is Cc1cc(C(=O)NCc2cc(C(F)(F)I)ccc2F)cc(NC(=O)C2CC2)n1. The van der Waals surface area contributed by atoms with E-state index in [9.17, 15) is 22.8 Å². The van der Waals surface area contributed by atoms with Crippen molar-refractivity contribution in [1.82, 2.24) is 10.3 Å². The molecule has 5 nitrogen and oxygen atoms in total. The van der Waals surface area contributed by atoms with Gasteiger partial charge in [-0.3, -0.25) is 9.59 Å². The maximum atomic E-state index is 13.9. The van der Waals surface area contributed by atoms with E-state index in [1.54, 1.807) is 6.92 Å². The Morgan fingerprint density at radius 2 is 1.96 bits per heavy atom. The van der Waals surface area contributed by atoms with Crippen LogP contribution >= 0.6 is 22.6 Å². The normalized spacial score (nSPS) is 13.9. The van der Waals surface area contributed by atoms with Gasteiger partial charge in [0.2, 0.25) is 5.91 Å². The summed E-state index contributed by atoms with van der Waals surface area (Å²) in [7, 11) is 0. The molecule has 1 aromatic heterocycles. The topological polar surface area (TPSA) is 71.1 Å². The molecule has 0 unspecified atom stereocenters. The predicted octanol–water partition coefficient (Wildman–Crippen LogP) is 4.29. The lowest BCUT2D eigenvalue weighted by Gasteiger charge is -2.12. The predicted molar refractivity (Wildman–Crippen MR) is 106 cm³/mol. The van der Waals surface area contributed by atoms with Crippen LogP contribution in [0.5, 0.6) is 0 Å². The zero-order valence-electron chi connectivity index (χ0n) is 14.9. The van der Waals surface area contributed by atoms with Crippen molar-refractivity contribution in [2.45, 2.75) is 30.2 Å². The minimum atomic E-state index is -3.14. The van der Waals surface area contributed by atoms with E-state index in [2.05, 4.69) is 15.6 Å². The van der Waals surface area contributed by atoms with Gasteiger partial charge in [-0.05, 0) is 50.1 Å². The van der Waals surface area contributed by atoms with Gasteiger partial charge in [0.05, 0.1) is 0 Å². The molecule has 0 aliphatic heterocycles. The van der Waals surface area contributed by atoms with Crippen LogP contribution in [-0.2, 0) is 15.3 Å². The number of alkyl halides is 3. The van der Waals surface area contributed by atoms with Crippen molar-refractivity contribution in [2.24, 2.45) is 5.92 Å². The van der Waals surface area contributed by atoms with Gasteiger partial charge < -0.3 is 10.6 Å². The fraction of sp³-hybridized carbons (Fsp3) is 0.316. The molecule has 1 aromatic carbocycles. The molecule has 1 aliphatic rings. The zero-order chi connectivity index (χ0) is 20.5. The maximum Gasteiger partial charge on any atom is 0.321 e. The molecule has 0 atom stereocenters. The first-order valence-corrected chi connectivity index (χ1v) is 9.65. The smallest absolute Gasteiger partial charge is 0.321 e. The van der Waals surface area contributed by atoms with Crippen LogP contribution in [0.4, 0.5) is 19.0 Å². The number of aromatic nitrogens is 1. The zero-order valence-corrected chi connectivity index (χ0v) is 17.0. The Kier molecular flexibility index (Phi) is 5.92. The Bertz CT molecular complexity index is 927. The molecule has 28 heavy (non-hydrogen) atoms. The lowest BCUT2D eigenvalue weighted by molar-refractivity contribution is -0.117. The van der Waals surface area contributed by atoms with Gasteiger partial charge in [0, 0.05) is 57.4 Å². The van der Waals surface area contributed by atoms with Crippen molar-refractivity contribution in [3.63, 3.8) is 0 Å². The maximum absolute atomic E-state index is 13.9. The second-order valence-corrected chi connectivity index (χ2v) is 7.99. The number of benzene rings is 1. The molecule has 1 aliphatic carbocycles. The van der Waals surface area contributed by atoms with E-state index in [-0.39, 0.29) is 40.9 Å². The van der Waals surface area contributed by atoms with Gasteiger partial charge in [-0.1, -0.05) is 0 Å². The van der Waals surface area contributed by atoms with E-state index < -0.39 is 15.7 Å². The highest BCUT2D eigenvalue weighted by molar-refractivity contribution is 14.1. The fourth-order valence-electron chi connectivity index (χ4n) is 2.60. The summed E-state index contributed by atoms with van der Waals surface area (Å²) in [6, 6.07) is 5.93. The van der Waals surface area contributed by atoms with Gasteiger partial charge in [0.15, 0.2) is 0 Å². The van der Waals surface area contributed by atoms with Crippen molar-refractivity contribution in [3.8, 4) is 0 Å². The van der Waals surface area contributed by atoms with Gasteiger partial charge in [-0.15, -0.1) is 0 Å². The first kappa shape index (κ1) is 20.6. The van der Waals surface area contributed by atoms with Gasteiger partial charge in [0.1, 0.15) is 11.6 Å². The Morgan fingerprint density at radius 3 is 2.61 bits per heavy atom. The van der Waals surface area contributed by atoms with Crippen molar-refractivity contribution in [1.29, 1.82) is 0 Å². The third-order valence-electron chi connectivity index (χ3n) is 4.23. The number of hydrogen-bond donors (Lipinski definition) is 2. The number of hydrogen-bond acceptors (Lipinski definition) is 3. The van der Waals surface area contributed by atoms with Crippen LogP contribution in [0, 0.1) is 18.7 Å². The molecule has 0 radical (unpaired) electrons. The van der Waals surface area contributed by atoms with Gasteiger partial charge in [-0.25, -0.2) is 9.37 Å². The number of carbonyl (C=O) groups is 2. The van der Waals surface area contributed by atoms with Crippen LogP contribution in [0.15, 0.2) is 30.3 Å². The Balaban J connectivity index is 1.71. The van der Waals surface area contributed by atoms with Crippen LogP contribution in [-0.4, -0.2) is 16.8 Å². The van der Waals surface area contributed by atoms with Gasteiger partial charge in [-0.2, -0.15) is 8.78 Å². The number of nitrogens with one attached hydrogen (secondary N) is 2. The molecule has 148 valence electrons. The number of carbonyl (C=O) groups excluding carboxylic acids is 2. The highest BCUT2D eigenvalue weighted by Gasteiger charge is 2.30. The second kappa shape index (κ2) is 8.06. The summed E-state index contributed by atoms with van der Waals surface area (Å²) in [5.74, 6) is -1.10. The number of aryl methyl sites for hydroxylation is 1. The largest absolute Gasteiger partial charge is 0.348 e. The van der Waals surface area contributed by atoms with Crippen molar-refractivity contribution in [3.05, 3.63) is 58.5 Å². The van der Waals surface area contributed by atoms with Crippen molar-refractivity contribution < 1.29 is 22.8 Å². The van der Waals surface area contributed by atoms with Crippen LogP contribution in [0.2, 0.25) is 0 Å². The van der Waals surface area contributed by atoms with Crippen molar-refractivity contribution in [2.75, 3.05) is 5.32 Å². The molecule has 9 heteroatoms. The number of amides is 2. The molecule has 2 aromatic rings. The van der Waals surface area contributed by atoms with E-state index in [4.69, 9.17) is 0 Å². The molecule has 1 fully saturated rings. The average Bonchev–Trinajstić information content (AvgIpc) is 3.44. The molecular weight excluding hydrogens is 486 g/mol. The Morgan fingerprint density at radius 1 is 1.25 bits per heavy atom. The lowest BCUT2D eigenvalue weighted by Crippen LogP contribution is -2.24. The minimum Gasteiger partial charge on any atom is -0.348 e. The fourth-order valence-corrected chi connectivity index (χ4v) is 2.94. The molecule has 3 rings (SSSR count). The van der Waals surface area contributed by atoms with Crippen LogP contribution in [0.3, 0.4) is 0 Å². The highest BCUT2D eigenvalue weighted by Crippen LogP contribution is 2.35. The molecule has 1 saturated carbocycles. The lowest BCUT2D eigenvalue weighted by atomic mass is 10.1. The average molecular weight is 503 g/mol. The third-order valence-corrected chi connectivity index (χ3v) is 4.85. The second-order valence-electron chi connectivity index (χ2n) is 6.63. The summed E-state index contributed by atoms with van der Waals surface area (Å²) in [6.45, 7) is 1.42. The molecule has 0 saturated heterocycles. The van der Waals surface area contributed by atoms with E-state index in [0.29, 0.717) is 5.69 Å². The molecule has 0 bridgehead atoms. The van der Waals surface area contributed by atoms with Gasteiger partial charge >= 0.3 is 3.93 Å². The van der Waals surface area contributed by atoms with Crippen molar-refractivity contribution >= 4 is 40.2 Å². The quantitative estimate of drug-likeness (QED) is 0.457. The van der Waals surface area contributed by atoms with E-state index in [0.717, 1.165) is 53.6 Å². The minimum absolute atomic E-state index is 0.00845. The highest BCUT2D eigenvalue weighted by atomic mass is 127. The summed E-state index contributed by atoms with van der Waals surface area (Å²) in [5.41, 5.74) is 0.365. The number of halogens is 4. The molecule has 1 heterocycles. The number of rotatable bonds is 6. The summed E-state index contributed by atoms with van der Waals surface area (Å²) in [6.07, 6.45) is 1.68. The first-order valence-electron chi connectivity index (χ1n) is 8.57. The third kappa shape index (κ3) is 5.21. The Hall–Kier alpha value is -2.17. The van der Waals surface area contributed by atoms with E-state index >= 15 is 0 Å². The van der Waals surface area contributed by atoms with Gasteiger partial charge in [0.25, 0.3) is 5.91 Å². The van der Waals surface area contributed by atoms with E-state index in [1.165, 1.54) is 12.1 Å². The van der Waals surface area contributed by atoms with Crippen LogP contribution in [0.1, 0.15) is 40.0 Å². The summed E-state index contributed by atoms with van der Waals surface area (Å²) < 4.78 is 37.6. The molecular formula is C19H17F3IN3O2. The summed E-state index contributed by atoms with van der Waals surface area (Å²) >= 11 is 0.963.